The number of carbonyl (C=O) groups is 2. The van der Waals surface area contributed by atoms with Gasteiger partial charge < -0.3 is 16.0 Å². The highest BCUT2D eigenvalue weighted by atomic mass is 16.2. The van der Waals surface area contributed by atoms with Gasteiger partial charge in [-0.15, -0.1) is 0 Å². The van der Waals surface area contributed by atoms with Crippen LogP contribution in [0.5, 0.6) is 0 Å². The lowest BCUT2D eigenvalue weighted by Crippen LogP contribution is -2.41. The first kappa shape index (κ1) is 14.4. The van der Waals surface area contributed by atoms with Gasteiger partial charge in [-0.2, -0.15) is 5.10 Å². The van der Waals surface area contributed by atoms with Crippen LogP contribution in [0.3, 0.4) is 0 Å². The molecule has 0 aliphatic carbocycles. The van der Waals surface area contributed by atoms with Crippen LogP contribution in [-0.4, -0.2) is 46.1 Å². The Morgan fingerprint density at radius 2 is 2.10 bits per heavy atom. The summed E-state index contributed by atoms with van der Waals surface area (Å²) >= 11 is 0. The number of nitrogens with two attached hydrogens (primary N) is 1. The van der Waals surface area contributed by atoms with E-state index in [4.69, 9.17) is 5.73 Å². The normalized spacial score (nSPS) is 16.2. The summed E-state index contributed by atoms with van der Waals surface area (Å²) in [6, 6.07) is 0. The van der Waals surface area contributed by atoms with Gasteiger partial charge in [0.25, 0.3) is 5.91 Å². The number of amides is 2. The van der Waals surface area contributed by atoms with Crippen molar-refractivity contribution in [2.45, 2.75) is 19.8 Å². The monoisotopic (exact) mass is 279 g/mol. The van der Waals surface area contributed by atoms with Gasteiger partial charge in [0, 0.05) is 26.3 Å². The summed E-state index contributed by atoms with van der Waals surface area (Å²) in [7, 11) is 1.70. The molecule has 2 rings (SSSR count). The third kappa shape index (κ3) is 3.28. The number of nitrogens with one attached hydrogen (secondary N) is 1. The third-order valence-electron chi connectivity index (χ3n) is 3.64. The first-order valence-corrected chi connectivity index (χ1v) is 6.82. The highest BCUT2D eigenvalue weighted by Crippen LogP contribution is 2.16. The summed E-state index contributed by atoms with van der Waals surface area (Å²) in [4.78, 5) is 25.2. The van der Waals surface area contributed by atoms with Crippen molar-refractivity contribution in [1.29, 1.82) is 0 Å². The molecule has 110 valence electrons. The second-order valence-electron chi connectivity index (χ2n) is 5.35. The highest BCUT2D eigenvalue weighted by molar-refractivity contribution is 5.97. The van der Waals surface area contributed by atoms with E-state index in [0.29, 0.717) is 17.3 Å². The van der Waals surface area contributed by atoms with E-state index in [2.05, 4.69) is 17.3 Å². The van der Waals surface area contributed by atoms with Crippen molar-refractivity contribution in [2.24, 2.45) is 18.7 Å². The molecule has 1 aromatic rings. The van der Waals surface area contributed by atoms with Crippen molar-refractivity contribution in [3.63, 3.8) is 0 Å². The summed E-state index contributed by atoms with van der Waals surface area (Å²) in [6.07, 6.45) is 3.63. The lowest BCUT2D eigenvalue weighted by molar-refractivity contribution is -0.130. The van der Waals surface area contributed by atoms with Crippen molar-refractivity contribution in [2.75, 3.05) is 25.0 Å². The third-order valence-corrected chi connectivity index (χ3v) is 3.64. The Kier molecular flexibility index (Phi) is 4.26. The van der Waals surface area contributed by atoms with Crippen LogP contribution in [0, 0.1) is 5.92 Å². The van der Waals surface area contributed by atoms with E-state index in [1.165, 1.54) is 10.9 Å². The number of likely N-dealkylation sites (tertiary alicyclic amines) is 1. The van der Waals surface area contributed by atoms with Crippen LogP contribution < -0.4 is 11.1 Å². The average Bonchev–Trinajstić information content (AvgIpc) is 2.78. The molecule has 1 aromatic heterocycles. The molecule has 20 heavy (non-hydrogen) atoms. The number of primary amides is 1. The van der Waals surface area contributed by atoms with Crippen LogP contribution in [0.15, 0.2) is 6.20 Å². The molecule has 0 spiro atoms. The summed E-state index contributed by atoms with van der Waals surface area (Å²) in [5.41, 5.74) is 5.56. The number of rotatable bonds is 4. The fourth-order valence-electron chi connectivity index (χ4n) is 2.33. The fraction of sp³-hybridized carbons (Fsp3) is 0.615. The molecule has 0 aromatic carbocycles. The van der Waals surface area contributed by atoms with Crippen molar-refractivity contribution in [3.05, 3.63) is 11.8 Å². The van der Waals surface area contributed by atoms with E-state index in [-0.39, 0.29) is 12.5 Å². The number of hydrogen-bond acceptors (Lipinski definition) is 4. The average molecular weight is 279 g/mol. The van der Waals surface area contributed by atoms with Crippen LogP contribution in [0.25, 0.3) is 0 Å². The second-order valence-corrected chi connectivity index (χ2v) is 5.35. The molecule has 1 aliphatic heterocycles. The van der Waals surface area contributed by atoms with Gasteiger partial charge >= 0.3 is 0 Å². The summed E-state index contributed by atoms with van der Waals surface area (Å²) in [5.74, 6) is 0.515. The quantitative estimate of drug-likeness (QED) is 0.822. The van der Waals surface area contributed by atoms with Crippen LogP contribution in [0.1, 0.15) is 30.1 Å². The van der Waals surface area contributed by atoms with E-state index in [1.807, 2.05) is 4.90 Å². The standard InChI is InChI=1S/C13H21N5O2/c1-9-3-5-18(6-4-9)11(19)7-15-13-10(12(14)20)8-17(2)16-13/h8-9H,3-7H2,1-2H3,(H2,14,20)(H,15,16). The van der Waals surface area contributed by atoms with Gasteiger partial charge in [0.15, 0.2) is 5.82 Å². The molecule has 7 nitrogen and oxygen atoms in total. The lowest BCUT2D eigenvalue weighted by Gasteiger charge is -2.30. The van der Waals surface area contributed by atoms with Gasteiger partial charge in [-0.1, -0.05) is 6.92 Å². The van der Waals surface area contributed by atoms with Crippen molar-refractivity contribution >= 4 is 17.6 Å². The minimum absolute atomic E-state index is 0.0259. The first-order chi connectivity index (χ1) is 9.47. The van der Waals surface area contributed by atoms with E-state index in [0.717, 1.165) is 25.9 Å². The fourth-order valence-corrected chi connectivity index (χ4v) is 2.33. The SMILES string of the molecule is CC1CCN(C(=O)CNc2nn(C)cc2C(N)=O)CC1. The maximum atomic E-state index is 12.1. The Bertz CT molecular complexity index is 503. The largest absolute Gasteiger partial charge is 0.365 e. The molecule has 1 aliphatic rings. The molecule has 0 unspecified atom stereocenters. The first-order valence-electron chi connectivity index (χ1n) is 6.82. The zero-order valence-electron chi connectivity index (χ0n) is 11.9. The van der Waals surface area contributed by atoms with E-state index >= 15 is 0 Å². The Morgan fingerprint density at radius 3 is 2.70 bits per heavy atom. The van der Waals surface area contributed by atoms with Crippen molar-refractivity contribution < 1.29 is 9.59 Å². The minimum atomic E-state index is -0.556. The number of aromatic nitrogens is 2. The maximum absolute atomic E-state index is 12.1. The van der Waals surface area contributed by atoms with Gasteiger partial charge in [-0.3, -0.25) is 14.3 Å². The molecule has 0 bridgehead atoms. The summed E-state index contributed by atoms with van der Waals surface area (Å²) in [5, 5.41) is 6.99. The Balaban J connectivity index is 1.92. The zero-order chi connectivity index (χ0) is 14.7. The molecule has 1 fully saturated rings. The number of hydrogen-bond donors (Lipinski definition) is 2. The van der Waals surface area contributed by atoms with Gasteiger partial charge in [-0.05, 0) is 18.8 Å². The second kappa shape index (κ2) is 5.94. The number of aryl methyl sites for hydroxylation is 1. The topological polar surface area (TPSA) is 93.2 Å². The maximum Gasteiger partial charge on any atom is 0.254 e. The minimum Gasteiger partial charge on any atom is -0.365 e. The molecule has 7 heteroatoms. The van der Waals surface area contributed by atoms with Gasteiger partial charge in [0.1, 0.15) is 5.56 Å². The lowest BCUT2D eigenvalue weighted by atomic mass is 9.99. The highest BCUT2D eigenvalue weighted by Gasteiger charge is 2.21. The number of nitrogens with zero attached hydrogens (tertiary/aromatic N) is 3. The van der Waals surface area contributed by atoms with Crippen LogP contribution >= 0.6 is 0 Å². The molecule has 2 heterocycles. The molecular weight excluding hydrogens is 258 g/mol. The van der Waals surface area contributed by atoms with Crippen molar-refractivity contribution in [3.8, 4) is 0 Å². The molecule has 3 N–H and O–H groups in total. The molecule has 0 atom stereocenters. The van der Waals surface area contributed by atoms with Gasteiger partial charge in [-0.25, -0.2) is 0 Å². The zero-order valence-corrected chi connectivity index (χ0v) is 11.9. The van der Waals surface area contributed by atoms with E-state index in [1.54, 1.807) is 7.05 Å². The summed E-state index contributed by atoms with van der Waals surface area (Å²) in [6.45, 7) is 3.93. The van der Waals surface area contributed by atoms with E-state index in [9.17, 15) is 9.59 Å². The number of carbonyl (C=O) groups excluding carboxylic acids is 2. The Morgan fingerprint density at radius 1 is 1.45 bits per heavy atom. The van der Waals surface area contributed by atoms with Crippen LogP contribution in [0.2, 0.25) is 0 Å². The van der Waals surface area contributed by atoms with E-state index < -0.39 is 5.91 Å². The Hall–Kier alpha value is -2.05. The molecule has 1 saturated heterocycles. The van der Waals surface area contributed by atoms with Crippen molar-refractivity contribution in [1.82, 2.24) is 14.7 Å². The Labute approximate surface area is 118 Å². The molecule has 0 saturated carbocycles. The predicted octanol–water partition coefficient (Wildman–Crippen LogP) is 0.189. The number of piperidine rings is 1. The van der Waals surface area contributed by atoms with Gasteiger partial charge in [0.2, 0.25) is 5.91 Å². The predicted molar refractivity (Wildman–Crippen MR) is 75.2 cm³/mol. The molecular formula is C13H21N5O2. The smallest absolute Gasteiger partial charge is 0.254 e. The number of anilines is 1. The van der Waals surface area contributed by atoms with Gasteiger partial charge in [0.05, 0.1) is 6.54 Å². The summed E-state index contributed by atoms with van der Waals surface area (Å²) < 4.78 is 1.50. The van der Waals surface area contributed by atoms with Crippen LogP contribution in [-0.2, 0) is 11.8 Å². The molecule has 0 radical (unpaired) electrons. The van der Waals surface area contributed by atoms with Crippen LogP contribution in [0.4, 0.5) is 5.82 Å². The molecule has 2 amide bonds.